The number of rotatable bonds is 0. The van der Waals surface area contributed by atoms with Gasteiger partial charge in [-0.15, -0.1) is 5.10 Å². The maximum atomic E-state index is 4.22. The minimum Gasteiger partial charge on any atom is -0.379 e. The Morgan fingerprint density at radius 3 is 2.64 bits per heavy atom. The molecule has 0 radical (unpaired) electrons. The largest absolute Gasteiger partial charge is 0.379 e. The summed E-state index contributed by atoms with van der Waals surface area (Å²) < 4.78 is 4.22. The highest BCUT2D eigenvalue weighted by Gasteiger charge is 1.81. The van der Waals surface area contributed by atoms with Gasteiger partial charge in [-0.2, -0.15) is 0 Å². The van der Waals surface area contributed by atoms with Gasteiger partial charge in [0.05, 0.1) is 12.9 Å². The molecule has 0 aromatic carbocycles. The lowest BCUT2D eigenvalue weighted by Crippen LogP contribution is -2.29. The minimum atomic E-state index is 0.913. The van der Waals surface area contributed by atoms with Crippen LogP contribution in [0, 0.1) is 0 Å². The molecule has 0 amide bonds. The van der Waals surface area contributed by atoms with Gasteiger partial charge in [0.1, 0.15) is 6.26 Å². The average molecular weight is 154 g/mol. The molecule has 0 spiro atoms. The fourth-order valence-corrected chi connectivity index (χ4v) is 0.565. The summed E-state index contributed by atoms with van der Waals surface area (Å²) in [6.07, 6.45) is 6.88. The Hall–Kier alpha value is -1.36. The molecule has 1 aromatic heterocycles. The zero-order valence-electron chi connectivity index (χ0n) is 6.03. The van der Waals surface area contributed by atoms with Gasteiger partial charge in [0, 0.05) is 11.8 Å². The van der Waals surface area contributed by atoms with Crippen LogP contribution in [0.5, 0.6) is 0 Å². The summed E-state index contributed by atoms with van der Waals surface area (Å²) >= 11 is 0. The SMILES string of the molecule is C1=CNCNC1.c1conn1. The quantitative estimate of drug-likeness (QED) is 0.538. The van der Waals surface area contributed by atoms with E-state index in [1.165, 1.54) is 12.5 Å². The van der Waals surface area contributed by atoms with E-state index >= 15 is 0 Å². The van der Waals surface area contributed by atoms with Crippen molar-refractivity contribution in [2.75, 3.05) is 13.2 Å². The molecule has 2 heterocycles. The highest BCUT2D eigenvalue weighted by atomic mass is 16.5. The lowest BCUT2D eigenvalue weighted by atomic mass is 10.5. The van der Waals surface area contributed by atoms with Crippen molar-refractivity contribution in [3.8, 4) is 0 Å². The minimum absolute atomic E-state index is 0.913. The summed E-state index contributed by atoms with van der Waals surface area (Å²) in [6.45, 7) is 1.92. The molecule has 0 atom stereocenters. The first-order valence-electron chi connectivity index (χ1n) is 3.30. The summed E-state index contributed by atoms with van der Waals surface area (Å²) in [5.74, 6) is 0. The predicted octanol–water partition coefficient (Wildman–Crippen LogP) is -0.280. The second-order valence-electron chi connectivity index (χ2n) is 1.83. The van der Waals surface area contributed by atoms with Crippen LogP contribution < -0.4 is 10.6 Å². The van der Waals surface area contributed by atoms with Crippen LogP contribution >= 0.6 is 0 Å². The molecule has 2 rings (SSSR count). The topological polar surface area (TPSA) is 63.0 Å². The lowest BCUT2D eigenvalue weighted by Gasteiger charge is -2.05. The van der Waals surface area contributed by atoms with Crippen LogP contribution in [-0.2, 0) is 0 Å². The van der Waals surface area contributed by atoms with E-state index in [4.69, 9.17) is 0 Å². The van der Waals surface area contributed by atoms with Crippen LogP contribution in [0.3, 0.4) is 0 Å². The Kier molecular flexibility index (Phi) is 3.82. The van der Waals surface area contributed by atoms with Gasteiger partial charge in [0.25, 0.3) is 0 Å². The van der Waals surface area contributed by atoms with E-state index < -0.39 is 0 Å². The zero-order valence-corrected chi connectivity index (χ0v) is 6.03. The summed E-state index contributed by atoms with van der Waals surface area (Å²) in [4.78, 5) is 0. The molecule has 0 saturated heterocycles. The maximum absolute atomic E-state index is 4.22. The van der Waals surface area contributed by atoms with E-state index in [1.54, 1.807) is 0 Å². The van der Waals surface area contributed by atoms with Crippen LogP contribution in [0.4, 0.5) is 0 Å². The third-order valence-corrected chi connectivity index (χ3v) is 1.01. The van der Waals surface area contributed by atoms with Crippen molar-refractivity contribution in [2.45, 2.75) is 0 Å². The maximum Gasteiger partial charge on any atom is 0.144 e. The molecule has 11 heavy (non-hydrogen) atoms. The van der Waals surface area contributed by atoms with Crippen LogP contribution in [0.25, 0.3) is 0 Å². The third kappa shape index (κ3) is 4.10. The van der Waals surface area contributed by atoms with Gasteiger partial charge < -0.3 is 9.84 Å². The first kappa shape index (κ1) is 7.74. The van der Waals surface area contributed by atoms with Gasteiger partial charge >= 0.3 is 0 Å². The second-order valence-corrected chi connectivity index (χ2v) is 1.83. The van der Waals surface area contributed by atoms with Crippen LogP contribution in [0.15, 0.2) is 29.3 Å². The molecule has 60 valence electrons. The smallest absolute Gasteiger partial charge is 0.144 e. The summed E-state index contributed by atoms with van der Waals surface area (Å²) in [5.41, 5.74) is 0. The van der Waals surface area contributed by atoms with Gasteiger partial charge in [-0.3, -0.25) is 5.32 Å². The monoisotopic (exact) mass is 154 g/mol. The predicted molar refractivity (Wildman–Crippen MR) is 39.4 cm³/mol. The van der Waals surface area contributed by atoms with E-state index in [0.717, 1.165) is 13.2 Å². The van der Waals surface area contributed by atoms with Crippen molar-refractivity contribution in [3.63, 3.8) is 0 Å². The van der Waals surface area contributed by atoms with Crippen LogP contribution in [0.1, 0.15) is 0 Å². The molecule has 1 aromatic rings. The molecular formula is C6H10N4O. The lowest BCUT2D eigenvalue weighted by molar-refractivity contribution is 0.393. The highest BCUT2D eigenvalue weighted by Crippen LogP contribution is 1.69. The molecule has 0 fully saturated rings. The van der Waals surface area contributed by atoms with Crippen molar-refractivity contribution in [1.29, 1.82) is 0 Å². The molecule has 0 aliphatic carbocycles. The fourth-order valence-electron chi connectivity index (χ4n) is 0.565. The Bertz CT molecular complexity index is 159. The number of hydrogen-bond donors (Lipinski definition) is 2. The molecular weight excluding hydrogens is 144 g/mol. The molecule has 1 aliphatic heterocycles. The number of aromatic nitrogens is 2. The number of hydrogen-bond acceptors (Lipinski definition) is 5. The Labute approximate surface area is 64.5 Å². The van der Waals surface area contributed by atoms with Gasteiger partial charge in [-0.05, 0) is 6.20 Å². The average Bonchev–Trinajstić information content (AvgIpc) is 2.64. The number of nitrogens with zero attached hydrogens (tertiary/aromatic N) is 2. The Morgan fingerprint density at radius 1 is 1.45 bits per heavy atom. The van der Waals surface area contributed by atoms with Crippen molar-refractivity contribution in [1.82, 2.24) is 21.0 Å². The normalized spacial score (nSPS) is 14.5. The van der Waals surface area contributed by atoms with E-state index in [9.17, 15) is 0 Å². The van der Waals surface area contributed by atoms with E-state index in [0.29, 0.717) is 0 Å². The molecule has 2 N–H and O–H groups in total. The molecule has 5 nitrogen and oxygen atoms in total. The summed E-state index contributed by atoms with van der Waals surface area (Å²) in [7, 11) is 0. The molecule has 0 unspecified atom stereocenters. The summed E-state index contributed by atoms with van der Waals surface area (Å²) in [5, 5.41) is 12.5. The summed E-state index contributed by atoms with van der Waals surface area (Å²) in [6, 6.07) is 0. The molecule has 1 aliphatic rings. The van der Waals surface area contributed by atoms with Crippen LogP contribution in [0.2, 0.25) is 0 Å². The second kappa shape index (κ2) is 5.43. The Morgan fingerprint density at radius 2 is 2.45 bits per heavy atom. The standard InChI is InChI=1S/C4H8N2.C2H2N2O/c1-2-5-4-6-3-1;1-2-5-4-3-1/h1-2,5-6H,3-4H2;1-2H. The molecule has 0 bridgehead atoms. The van der Waals surface area contributed by atoms with Crippen molar-refractivity contribution < 1.29 is 4.52 Å². The first-order chi connectivity index (χ1) is 5.50. The fraction of sp³-hybridized carbons (Fsp3) is 0.333. The van der Waals surface area contributed by atoms with Crippen molar-refractivity contribution in [2.24, 2.45) is 0 Å². The van der Waals surface area contributed by atoms with Gasteiger partial charge in [0.2, 0.25) is 0 Å². The number of nitrogens with one attached hydrogen (secondary N) is 2. The molecule has 0 saturated carbocycles. The van der Waals surface area contributed by atoms with E-state index in [-0.39, 0.29) is 0 Å². The van der Waals surface area contributed by atoms with E-state index in [1.807, 2.05) is 12.3 Å². The van der Waals surface area contributed by atoms with Crippen molar-refractivity contribution in [3.05, 3.63) is 24.7 Å². The first-order valence-corrected chi connectivity index (χ1v) is 3.30. The zero-order chi connectivity index (χ0) is 7.78. The molecule has 5 heteroatoms. The Balaban J connectivity index is 0.000000112. The van der Waals surface area contributed by atoms with Gasteiger partial charge in [0.15, 0.2) is 0 Å². The van der Waals surface area contributed by atoms with Crippen molar-refractivity contribution >= 4 is 0 Å². The van der Waals surface area contributed by atoms with Crippen LogP contribution in [-0.4, -0.2) is 23.6 Å². The third-order valence-electron chi connectivity index (χ3n) is 1.01. The van der Waals surface area contributed by atoms with Gasteiger partial charge in [-0.1, -0.05) is 6.08 Å². The van der Waals surface area contributed by atoms with Gasteiger partial charge in [-0.25, -0.2) is 0 Å². The highest BCUT2D eigenvalue weighted by molar-refractivity contribution is 4.84. The van der Waals surface area contributed by atoms with E-state index in [2.05, 4.69) is 25.5 Å².